The van der Waals surface area contributed by atoms with E-state index in [4.69, 9.17) is 0 Å². The summed E-state index contributed by atoms with van der Waals surface area (Å²) < 4.78 is 25.8. The molecule has 1 aliphatic carbocycles. The van der Waals surface area contributed by atoms with Gasteiger partial charge in [0.05, 0.1) is 11.0 Å². The van der Waals surface area contributed by atoms with Crippen molar-refractivity contribution in [2.75, 3.05) is 0 Å². The van der Waals surface area contributed by atoms with Crippen LogP contribution in [0.4, 0.5) is 0 Å². The van der Waals surface area contributed by atoms with Gasteiger partial charge in [0.2, 0.25) is 0 Å². The lowest BCUT2D eigenvalue weighted by molar-refractivity contribution is -0.121. The van der Waals surface area contributed by atoms with Crippen molar-refractivity contribution in [3.8, 4) is 6.07 Å². The fraction of sp³-hybridized carbons (Fsp3) is 0.412. The fourth-order valence-corrected chi connectivity index (χ4v) is 4.81. The minimum atomic E-state index is -3.82. The molecule has 0 spiro atoms. The van der Waals surface area contributed by atoms with E-state index < -0.39 is 15.1 Å². The summed E-state index contributed by atoms with van der Waals surface area (Å²) in [6.45, 7) is 5.42. The van der Waals surface area contributed by atoms with E-state index in [9.17, 15) is 18.5 Å². The van der Waals surface area contributed by atoms with Gasteiger partial charge in [-0.15, -0.1) is 0 Å². The molecule has 0 amide bonds. The van der Waals surface area contributed by atoms with Crippen molar-refractivity contribution in [1.82, 2.24) is 0 Å². The van der Waals surface area contributed by atoms with E-state index >= 15 is 0 Å². The number of nitrogens with zero attached hydrogens (tertiary/aromatic N) is 1. The van der Waals surface area contributed by atoms with Crippen molar-refractivity contribution in [3.05, 3.63) is 41.5 Å². The Kier molecular flexibility index (Phi) is 4.25. The molecule has 1 unspecified atom stereocenters. The van der Waals surface area contributed by atoms with Crippen LogP contribution in [0.15, 0.2) is 46.4 Å². The van der Waals surface area contributed by atoms with Gasteiger partial charge < -0.3 is 0 Å². The zero-order valence-electron chi connectivity index (χ0n) is 13.0. The highest BCUT2D eigenvalue weighted by Crippen LogP contribution is 2.41. The molecule has 1 aliphatic rings. The second-order valence-corrected chi connectivity index (χ2v) is 8.52. The number of carbonyl (C=O) groups excluding carboxylic acids is 1. The van der Waals surface area contributed by atoms with Crippen molar-refractivity contribution in [2.45, 2.75) is 43.8 Å². The van der Waals surface area contributed by atoms with Crippen LogP contribution in [0.5, 0.6) is 0 Å². The Labute approximate surface area is 131 Å². The maximum absolute atomic E-state index is 12.9. The first-order valence-corrected chi connectivity index (χ1v) is 8.65. The largest absolute Gasteiger partial charge is 0.298 e. The number of allylic oxidation sites excluding steroid dienone is 1. The van der Waals surface area contributed by atoms with Gasteiger partial charge in [-0.3, -0.25) is 4.79 Å². The minimum Gasteiger partial charge on any atom is -0.298 e. The Morgan fingerprint density at radius 1 is 1.23 bits per heavy atom. The third-order valence-corrected chi connectivity index (χ3v) is 6.06. The van der Waals surface area contributed by atoms with Crippen LogP contribution in [0.1, 0.15) is 33.6 Å². The number of benzene rings is 1. The highest BCUT2D eigenvalue weighted by molar-refractivity contribution is 7.93. The average molecular weight is 317 g/mol. The van der Waals surface area contributed by atoms with E-state index in [0.717, 1.165) is 0 Å². The van der Waals surface area contributed by atoms with E-state index in [-0.39, 0.29) is 22.5 Å². The van der Waals surface area contributed by atoms with Crippen LogP contribution < -0.4 is 0 Å². The van der Waals surface area contributed by atoms with Gasteiger partial charge in [0, 0.05) is 12.0 Å². The highest BCUT2D eigenvalue weighted by atomic mass is 32.2. The lowest BCUT2D eigenvalue weighted by Gasteiger charge is -2.35. The molecule has 0 aromatic heterocycles. The van der Waals surface area contributed by atoms with Crippen molar-refractivity contribution in [1.29, 1.82) is 5.26 Å². The van der Waals surface area contributed by atoms with Gasteiger partial charge in [0.15, 0.2) is 15.6 Å². The van der Waals surface area contributed by atoms with Gasteiger partial charge in [0.1, 0.15) is 5.25 Å². The highest BCUT2D eigenvalue weighted by Gasteiger charge is 2.45. The predicted octanol–water partition coefficient (Wildman–Crippen LogP) is 3.06. The van der Waals surface area contributed by atoms with E-state index in [1.165, 1.54) is 12.1 Å². The van der Waals surface area contributed by atoms with Gasteiger partial charge >= 0.3 is 0 Å². The van der Waals surface area contributed by atoms with Crippen molar-refractivity contribution in [2.24, 2.45) is 5.41 Å². The maximum atomic E-state index is 12.9. The van der Waals surface area contributed by atoms with Gasteiger partial charge in [-0.2, -0.15) is 5.26 Å². The molecule has 0 saturated heterocycles. The summed E-state index contributed by atoms with van der Waals surface area (Å²) in [4.78, 5) is 12.7. The molecule has 0 heterocycles. The quantitative estimate of drug-likeness (QED) is 0.786. The molecule has 116 valence electrons. The first kappa shape index (κ1) is 16.4. The van der Waals surface area contributed by atoms with E-state index in [2.05, 4.69) is 0 Å². The molecule has 0 bridgehead atoms. The second-order valence-electron chi connectivity index (χ2n) is 6.48. The van der Waals surface area contributed by atoms with Crippen LogP contribution >= 0.6 is 0 Å². The van der Waals surface area contributed by atoms with Crippen molar-refractivity contribution in [3.63, 3.8) is 0 Å². The Balaban J connectivity index is 2.62. The maximum Gasteiger partial charge on any atom is 0.192 e. The second kappa shape index (κ2) is 5.69. The number of sulfone groups is 1. The zero-order chi connectivity index (χ0) is 16.5. The number of hydrogen-bond acceptors (Lipinski definition) is 4. The topological polar surface area (TPSA) is 75.0 Å². The van der Waals surface area contributed by atoms with E-state index in [1.54, 1.807) is 25.1 Å². The smallest absolute Gasteiger partial charge is 0.192 e. The molecule has 1 saturated carbocycles. The molecular weight excluding hydrogens is 298 g/mol. The third-order valence-electron chi connectivity index (χ3n) is 3.96. The molecule has 1 aromatic rings. The molecule has 0 N–H and O–H groups in total. The summed E-state index contributed by atoms with van der Waals surface area (Å²) in [6.07, 6.45) is 0.640. The van der Waals surface area contributed by atoms with E-state index in [0.29, 0.717) is 17.6 Å². The normalized spacial score (nSPS) is 23.7. The standard InChI is InChI=1S/C17H19NO3S/c1-12(11-18)14-9-17(2,3)10-15(19)16(14)22(20,21)13-7-5-4-6-8-13/h4-8,16H,9-10H2,1-3H3/b14-12+. The summed E-state index contributed by atoms with van der Waals surface area (Å²) in [7, 11) is -3.82. The molecule has 2 rings (SSSR count). The first-order valence-electron chi connectivity index (χ1n) is 7.10. The summed E-state index contributed by atoms with van der Waals surface area (Å²) in [6, 6.07) is 9.97. The molecule has 1 atom stereocenters. The van der Waals surface area contributed by atoms with E-state index in [1.807, 2.05) is 19.9 Å². The van der Waals surface area contributed by atoms with Crippen LogP contribution in [-0.4, -0.2) is 19.5 Å². The summed E-state index contributed by atoms with van der Waals surface area (Å²) in [5, 5.41) is 7.95. The molecule has 1 fully saturated rings. The molecule has 22 heavy (non-hydrogen) atoms. The number of hydrogen-bond donors (Lipinski definition) is 0. The van der Waals surface area contributed by atoms with Gasteiger partial charge in [-0.05, 0) is 36.5 Å². The molecule has 5 heteroatoms. The number of Topliss-reactive ketones (excluding diaryl/α,β-unsaturated/α-hetero) is 1. The van der Waals surface area contributed by atoms with Crippen LogP contribution in [-0.2, 0) is 14.6 Å². The average Bonchev–Trinajstić information content (AvgIpc) is 2.45. The number of nitriles is 1. The fourth-order valence-electron chi connectivity index (χ4n) is 2.94. The molecule has 0 aliphatic heterocycles. The Morgan fingerprint density at radius 2 is 1.82 bits per heavy atom. The van der Waals surface area contributed by atoms with Gasteiger partial charge in [0.25, 0.3) is 0 Å². The molecular formula is C17H19NO3S. The van der Waals surface area contributed by atoms with Crippen LogP contribution in [0, 0.1) is 16.7 Å². The van der Waals surface area contributed by atoms with Gasteiger partial charge in [-0.1, -0.05) is 32.0 Å². The Morgan fingerprint density at radius 3 is 2.36 bits per heavy atom. The third kappa shape index (κ3) is 2.97. The van der Waals surface area contributed by atoms with Crippen LogP contribution in [0.3, 0.4) is 0 Å². The number of rotatable bonds is 2. The molecule has 4 nitrogen and oxygen atoms in total. The summed E-state index contributed by atoms with van der Waals surface area (Å²) in [5.74, 6) is -0.329. The van der Waals surface area contributed by atoms with Crippen LogP contribution in [0.25, 0.3) is 0 Å². The predicted molar refractivity (Wildman–Crippen MR) is 83.8 cm³/mol. The Hall–Kier alpha value is -1.93. The van der Waals surface area contributed by atoms with Crippen molar-refractivity contribution < 1.29 is 13.2 Å². The molecule has 1 aromatic carbocycles. The minimum absolute atomic E-state index is 0.122. The molecule has 0 radical (unpaired) electrons. The first-order chi connectivity index (χ1) is 10.2. The zero-order valence-corrected chi connectivity index (χ0v) is 13.8. The summed E-state index contributed by atoms with van der Waals surface area (Å²) in [5.41, 5.74) is 0.436. The number of carbonyl (C=O) groups is 1. The monoisotopic (exact) mass is 317 g/mol. The lowest BCUT2D eigenvalue weighted by atomic mass is 9.73. The lowest BCUT2D eigenvalue weighted by Crippen LogP contribution is -2.41. The number of ketones is 1. The SMILES string of the molecule is C/C(C#N)=C1/CC(C)(C)CC(=O)C1S(=O)(=O)c1ccccc1. The summed E-state index contributed by atoms with van der Waals surface area (Å²) >= 11 is 0. The Bertz CT molecular complexity index is 768. The van der Waals surface area contributed by atoms with Crippen molar-refractivity contribution >= 4 is 15.6 Å². The van der Waals surface area contributed by atoms with Gasteiger partial charge in [-0.25, -0.2) is 8.42 Å². The van der Waals surface area contributed by atoms with Crippen LogP contribution in [0.2, 0.25) is 0 Å².